The fourth-order valence-corrected chi connectivity index (χ4v) is 3.40. The van der Waals surface area contributed by atoms with Gasteiger partial charge in [0.1, 0.15) is 24.7 Å². The van der Waals surface area contributed by atoms with E-state index in [2.05, 4.69) is 9.47 Å². The summed E-state index contributed by atoms with van der Waals surface area (Å²) in [5, 5.41) is 34.9. The van der Waals surface area contributed by atoms with Gasteiger partial charge < -0.3 is 19.7 Å². The fraction of sp³-hybridized carbons (Fsp3) is 0.111. The predicted molar refractivity (Wildman–Crippen MR) is 111 cm³/mol. The third-order valence-electron chi connectivity index (χ3n) is 4.03. The number of nitrogens with one attached hydrogen (secondary N) is 2. The van der Waals surface area contributed by atoms with Crippen LogP contribution >= 0.6 is 0 Å². The number of esters is 2. The van der Waals surface area contributed by atoms with Crippen LogP contribution in [0.4, 0.5) is 0 Å². The number of benzene rings is 2. The zero-order valence-electron chi connectivity index (χ0n) is 16.7. The van der Waals surface area contributed by atoms with E-state index >= 15 is 0 Å². The number of hydrogen-bond acceptors (Lipinski definition) is 12. The zero-order valence-corrected chi connectivity index (χ0v) is 18.4. The Morgan fingerprint density at radius 1 is 0.706 bits per heavy atom. The highest BCUT2D eigenvalue weighted by molar-refractivity contribution is 7.86. The molecule has 0 unspecified atom stereocenters. The number of rotatable bonds is 9. The lowest BCUT2D eigenvalue weighted by Gasteiger charge is -2.10. The highest BCUT2D eigenvalue weighted by Gasteiger charge is 2.23. The first-order valence-electron chi connectivity index (χ1n) is 8.76. The van der Waals surface area contributed by atoms with E-state index in [1.165, 1.54) is 0 Å². The molecule has 0 aromatic heterocycles. The zero-order chi connectivity index (χ0) is 25.8. The van der Waals surface area contributed by atoms with E-state index < -0.39 is 89.2 Å². The molecule has 2 aromatic rings. The SMILES string of the molecule is N=C(C(=O)OCCOC(=O)C(=N)c1cc(S(=O)(=O)O)ccc1O)c1cc(S(=O)(=O)O)ccc1O. The van der Waals surface area contributed by atoms with Crippen molar-refractivity contribution in [2.75, 3.05) is 13.2 Å². The van der Waals surface area contributed by atoms with E-state index in [0.29, 0.717) is 12.1 Å². The maximum Gasteiger partial charge on any atom is 0.357 e. The van der Waals surface area contributed by atoms with Crippen molar-refractivity contribution in [1.82, 2.24) is 0 Å². The highest BCUT2D eigenvalue weighted by atomic mass is 32.2. The minimum Gasteiger partial charge on any atom is -0.507 e. The molecular weight excluding hydrogens is 500 g/mol. The summed E-state index contributed by atoms with van der Waals surface area (Å²) in [6.45, 7) is -1.29. The average molecular weight is 516 g/mol. The normalized spacial score (nSPS) is 11.5. The van der Waals surface area contributed by atoms with Crippen LogP contribution in [0.25, 0.3) is 0 Å². The molecule has 0 aliphatic carbocycles. The topological polar surface area (TPSA) is 249 Å². The Balaban J connectivity index is 1.99. The molecule has 0 fully saturated rings. The molecule has 0 aliphatic rings. The van der Waals surface area contributed by atoms with Gasteiger partial charge in [-0.2, -0.15) is 16.8 Å². The Labute approximate surface area is 191 Å². The summed E-state index contributed by atoms with van der Waals surface area (Å²) >= 11 is 0. The number of ether oxygens (including phenoxy) is 2. The number of phenols is 2. The van der Waals surface area contributed by atoms with Crippen molar-refractivity contribution in [3.63, 3.8) is 0 Å². The third kappa shape index (κ3) is 6.35. The average Bonchev–Trinajstić information content (AvgIpc) is 2.74. The maximum absolute atomic E-state index is 12.0. The largest absolute Gasteiger partial charge is 0.507 e. The van der Waals surface area contributed by atoms with Crippen molar-refractivity contribution in [2.24, 2.45) is 0 Å². The second-order valence-corrected chi connectivity index (χ2v) is 9.17. The van der Waals surface area contributed by atoms with Crippen LogP contribution in [0.1, 0.15) is 11.1 Å². The second-order valence-electron chi connectivity index (χ2n) is 6.33. The minimum atomic E-state index is -4.68. The quantitative estimate of drug-likeness (QED) is 0.112. The summed E-state index contributed by atoms with van der Waals surface area (Å²) < 4.78 is 72.1. The Bertz CT molecular complexity index is 1290. The van der Waals surface area contributed by atoms with Crippen LogP contribution in [0.15, 0.2) is 46.2 Å². The molecular formula is C18H16N2O12S2. The lowest BCUT2D eigenvalue weighted by Crippen LogP contribution is -2.23. The summed E-state index contributed by atoms with van der Waals surface area (Å²) in [5.74, 6) is -4.01. The van der Waals surface area contributed by atoms with E-state index in [1.807, 2.05) is 0 Å². The lowest BCUT2D eigenvalue weighted by molar-refractivity contribution is -0.143. The van der Waals surface area contributed by atoms with Crippen LogP contribution in [0, 0.1) is 10.8 Å². The van der Waals surface area contributed by atoms with Gasteiger partial charge in [0.2, 0.25) is 0 Å². The highest BCUT2D eigenvalue weighted by Crippen LogP contribution is 2.23. The van der Waals surface area contributed by atoms with E-state index in [0.717, 1.165) is 24.3 Å². The van der Waals surface area contributed by atoms with Gasteiger partial charge in [-0.15, -0.1) is 0 Å². The van der Waals surface area contributed by atoms with Crippen LogP contribution in [0.5, 0.6) is 11.5 Å². The van der Waals surface area contributed by atoms with Crippen molar-refractivity contribution < 1.29 is 55.2 Å². The van der Waals surface area contributed by atoms with Crippen molar-refractivity contribution in [3.8, 4) is 11.5 Å². The molecule has 16 heteroatoms. The molecule has 34 heavy (non-hydrogen) atoms. The van der Waals surface area contributed by atoms with Gasteiger partial charge in [0.05, 0.1) is 20.9 Å². The Hall–Kier alpha value is -3.86. The first-order valence-corrected chi connectivity index (χ1v) is 11.6. The van der Waals surface area contributed by atoms with Crippen LogP contribution in [-0.4, -0.2) is 72.7 Å². The van der Waals surface area contributed by atoms with Crippen LogP contribution in [0.3, 0.4) is 0 Å². The van der Waals surface area contributed by atoms with Gasteiger partial charge in [-0.25, -0.2) is 9.59 Å². The number of phenolic OH excluding ortho intramolecular Hbond substituents is 2. The fourth-order valence-electron chi connectivity index (χ4n) is 2.38. The van der Waals surface area contributed by atoms with Crippen LogP contribution < -0.4 is 0 Å². The van der Waals surface area contributed by atoms with Gasteiger partial charge in [-0.3, -0.25) is 19.9 Å². The van der Waals surface area contributed by atoms with Gasteiger partial charge in [0.25, 0.3) is 20.2 Å². The number of aromatic hydroxyl groups is 2. The molecule has 14 nitrogen and oxygen atoms in total. The Morgan fingerprint density at radius 2 is 1.03 bits per heavy atom. The Kier molecular flexibility index (Phi) is 7.73. The van der Waals surface area contributed by atoms with Gasteiger partial charge in [0.15, 0.2) is 11.4 Å². The molecule has 0 amide bonds. The summed E-state index contributed by atoms with van der Waals surface area (Å²) in [7, 11) is -9.36. The summed E-state index contributed by atoms with van der Waals surface area (Å²) in [6.07, 6.45) is 0. The summed E-state index contributed by atoms with van der Waals surface area (Å²) in [5.41, 5.74) is -3.08. The first-order chi connectivity index (χ1) is 15.6. The minimum absolute atomic E-state index is 0.562. The van der Waals surface area contributed by atoms with Crippen molar-refractivity contribution in [1.29, 1.82) is 10.8 Å². The van der Waals surface area contributed by atoms with Gasteiger partial charge in [0, 0.05) is 0 Å². The van der Waals surface area contributed by atoms with E-state index in [-0.39, 0.29) is 0 Å². The van der Waals surface area contributed by atoms with Crippen molar-refractivity contribution >= 4 is 43.6 Å². The molecule has 0 atom stereocenters. The molecule has 0 heterocycles. The number of carbonyl (C=O) groups is 2. The van der Waals surface area contributed by atoms with Crippen LogP contribution in [0.2, 0.25) is 0 Å². The maximum atomic E-state index is 12.0. The standard InChI is InChI=1S/C18H16N2O12S2/c19-15(11-7-9(33(25,26)27)1-3-13(11)21)17(23)31-5-6-32-18(24)16(20)12-8-10(34(28,29)30)2-4-14(12)22/h1-4,7-8,19-22H,5-6H2,(H,25,26,27)(H,28,29,30). The Morgan fingerprint density at radius 3 is 1.32 bits per heavy atom. The van der Waals surface area contributed by atoms with E-state index in [1.54, 1.807) is 0 Å². The summed E-state index contributed by atoms with van der Waals surface area (Å²) in [6, 6.07) is 4.68. The van der Waals surface area contributed by atoms with E-state index in [9.17, 15) is 36.6 Å². The molecule has 182 valence electrons. The monoisotopic (exact) mass is 516 g/mol. The third-order valence-corrected chi connectivity index (χ3v) is 5.73. The predicted octanol–water partition coefficient (Wildman–Crippen LogP) is 0.114. The molecule has 0 bridgehead atoms. The van der Waals surface area contributed by atoms with Crippen LogP contribution in [-0.2, 0) is 39.3 Å². The molecule has 2 aromatic carbocycles. The number of carbonyl (C=O) groups excluding carboxylic acids is 2. The second kappa shape index (κ2) is 9.96. The van der Waals surface area contributed by atoms with Crippen molar-refractivity contribution in [2.45, 2.75) is 9.79 Å². The molecule has 2 rings (SSSR count). The van der Waals surface area contributed by atoms with E-state index in [4.69, 9.17) is 19.9 Å². The molecule has 6 N–H and O–H groups in total. The lowest BCUT2D eigenvalue weighted by atomic mass is 10.1. The van der Waals surface area contributed by atoms with Crippen molar-refractivity contribution in [3.05, 3.63) is 47.5 Å². The molecule has 0 radical (unpaired) electrons. The van der Waals surface area contributed by atoms with Gasteiger partial charge in [-0.1, -0.05) is 0 Å². The first kappa shape index (κ1) is 26.4. The molecule has 0 spiro atoms. The van der Waals surface area contributed by atoms with Gasteiger partial charge >= 0.3 is 11.9 Å². The molecule has 0 saturated heterocycles. The smallest absolute Gasteiger partial charge is 0.357 e. The summed E-state index contributed by atoms with van der Waals surface area (Å²) in [4.78, 5) is 22.6. The number of hydrogen-bond donors (Lipinski definition) is 6. The molecule has 0 saturated carbocycles. The van der Waals surface area contributed by atoms with Gasteiger partial charge in [-0.05, 0) is 36.4 Å². The molecule has 0 aliphatic heterocycles.